The van der Waals surface area contributed by atoms with E-state index in [1.54, 1.807) is 6.92 Å². The van der Waals surface area contributed by atoms with E-state index < -0.39 is 17.6 Å². The van der Waals surface area contributed by atoms with E-state index in [1.165, 1.54) is 6.07 Å². The fourth-order valence-electron chi connectivity index (χ4n) is 1.19. The Morgan fingerprint density at radius 2 is 2.00 bits per heavy atom. The van der Waals surface area contributed by atoms with Crippen LogP contribution in [0, 0.1) is 11.6 Å². The van der Waals surface area contributed by atoms with Crippen LogP contribution in [0.15, 0.2) is 18.2 Å². The summed E-state index contributed by atoms with van der Waals surface area (Å²) in [5.74, 6) is -1.75. The van der Waals surface area contributed by atoms with E-state index in [2.05, 4.69) is 10.1 Å². The Hall–Kier alpha value is -1.65. The average Bonchev–Trinajstić information content (AvgIpc) is 2.23. The quantitative estimate of drug-likeness (QED) is 0.787. The topological polar surface area (TPSA) is 38.3 Å². The molecular weight excluding hydrogens is 216 g/mol. The van der Waals surface area contributed by atoms with Crippen molar-refractivity contribution in [2.75, 3.05) is 18.5 Å². The zero-order valence-electron chi connectivity index (χ0n) is 8.93. The first-order chi connectivity index (χ1) is 7.65. The van der Waals surface area contributed by atoms with Crippen LogP contribution < -0.4 is 5.32 Å². The monoisotopic (exact) mass is 229 g/mol. The van der Waals surface area contributed by atoms with Gasteiger partial charge in [-0.2, -0.15) is 0 Å². The molecule has 1 aromatic carbocycles. The second-order valence-electron chi connectivity index (χ2n) is 3.08. The molecule has 0 aliphatic carbocycles. The molecule has 0 fully saturated rings. The van der Waals surface area contributed by atoms with Crippen LogP contribution in [0.2, 0.25) is 0 Å². The Bertz CT molecular complexity index is 349. The van der Waals surface area contributed by atoms with Gasteiger partial charge < -0.3 is 10.1 Å². The van der Waals surface area contributed by atoms with Gasteiger partial charge in [-0.05, 0) is 19.1 Å². The highest BCUT2D eigenvalue weighted by atomic mass is 19.1. The first-order valence-corrected chi connectivity index (χ1v) is 4.98. The van der Waals surface area contributed by atoms with E-state index in [1.807, 2.05) is 0 Å². The summed E-state index contributed by atoms with van der Waals surface area (Å²) in [5, 5.41) is 2.52. The Labute approximate surface area is 92.4 Å². The summed E-state index contributed by atoms with van der Waals surface area (Å²) in [7, 11) is 0. The smallest absolute Gasteiger partial charge is 0.307 e. The van der Waals surface area contributed by atoms with E-state index in [9.17, 15) is 13.6 Å². The van der Waals surface area contributed by atoms with Crippen molar-refractivity contribution in [3.05, 3.63) is 29.8 Å². The van der Waals surface area contributed by atoms with Crippen LogP contribution in [-0.2, 0) is 9.53 Å². The van der Waals surface area contributed by atoms with E-state index >= 15 is 0 Å². The third kappa shape index (κ3) is 3.49. The maximum absolute atomic E-state index is 13.1. The lowest BCUT2D eigenvalue weighted by molar-refractivity contribution is -0.142. The van der Waals surface area contributed by atoms with Crippen molar-refractivity contribution in [3.8, 4) is 0 Å². The predicted molar refractivity (Wildman–Crippen MR) is 56.1 cm³/mol. The summed E-state index contributed by atoms with van der Waals surface area (Å²) in [6.07, 6.45) is 0.0710. The molecule has 0 spiro atoms. The van der Waals surface area contributed by atoms with Crippen molar-refractivity contribution < 1.29 is 18.3 Å². The maximum atomic E-state index is 13.1. The molecule has 1 rings (SSSR count). The summed E-state index contributed by atoms with van der Waals surface area (Å²) in [5.41, 5.74) is -0.216. The number of hydrogen-bond donors (Lipinski definition) is 1. The van der Waals surface area contributed by atoms with Gasteiger partial charge in [0.15, 0.2) is 0 Å². The zero-order valence-corrected chi connectivity index (χ0v) is 8.93. The van der Waals surface area contributed by atoms with Crippen molar-refractivity contribution in [1.82, 2.24) is 0 Å². The Balaban J connectivity index is 2.46. The molecule has 0 bridgehead atoms. The molecule has 0 unspecified atom stereocenters. The van der Waals surface area contributed by atoms with Gasteiger partial charge in [-0.3, -0.25) is 4.79 Å². The number of ether oxygens (including phenoxy) is 1. The number of anilines is 1. The fraction of sp³-hybridized carbons (Fsp3) is 0.364. The number of halogens is 2. The molecule has 0 aromatic heterocycles. The highest BCUT2D eigenvalue weighted by molar-refractivity contribution is 5.70. The number of nitrogens with one attached hydrogen (secondary N) is 1. The second-order valence-corrected chi connectivity index (χ2v) is 3.08. The van der Waals surface area contributed by atoms with Crippen LogP contribution in [0.1, 0.15) is 13.3 Å². The number of rotatable bonds is 5. The number of para-hydroxylation sites is 1. The maximum Gasteiger partial charge on any atom is 0.307 e. The minimum Gasteiger partial charge on any atom is -0.466 e. The minimum atomic E-state index is -0.677. The van der Waals surface area contributed by atoms with E-state index in [-0.39, 0.29) is 18.7 Å². The fourth-order valence-corrected chi connectivity index (χ4v) is 1.19. The molecule has 0 amide bonds. The molecule has 3 nitrogen and oxygen atoms in total. The van der Waals surface area contributed by atoms with Gasteiger partial charge in [0.1, 0.15) is 17.3 Å². The normalized spacial score (nSPS) is 9.94. The molecule has 0 aliphatic rings. The highest BCUT2D eigenvalue weighted by Gasteiger charge is 2.08. The summed E-state index contributed by atoms with van der Waals surface area (Å²) in [6.45, 7) is 2.13. The van der Waals surface area contributed by atoms with Crippen molar-refractivity contribution >= 4 is 11.7 Å². The molecule has 0 atom stereocenters. The molecule has 5 heteroatoms. The average molecular weight is 229 g/mol. The van der Waals surface area contributed by atoms with Crippen LogP contribution in [-0.4, -0.2) is 19.1 Å². The Kier molecular flexibility index (Phi) is 4.69. The number of esters is 1. The molecule has 1 aromatic rings. The first-order valence-electron chi connectivity index (χ1n) is 4.98. The zero-order chi connectivity index (χ0) is 12.0. The number of carbonyl (C=O) groups excluding carboxylic acids is 1. The van der Waals surface area contributed by atoms with Gasteiger partial charge in [-0.15, -0.1) is 0 Å². The van der Waals surface area contributed by atoms with Crippen molar-refractivity contribution in [3.63, 3.8) is 0 Å². The van der Waals surface area contributed by atoms with Gasteiger partial charge in [0, 0.05) is 6.54 Å². The highest BCUT2D eigenvalue weighted by Crippen LogP contribution is 2.17. The van der Waals surface area contributed by atoms with Crippen molar-refractivity contribution in [2.45, 2.75) is 13.3 Å². The van der Waals surface area contributed by atoms with Gasteiger partial charge in [-0.25, -0.2) is 8.78 Å². The largest absolute Gasteiger partial charge is 0.466 e. The minimum absolute atomic E-state index is 0.0710. The van der Waals surface area contributed by atoms with Crippen LogP contribution in [0.5, 0.6) is 0 Å². The molecule has 16 heavy (non-hydrogen) atoms. The summed E-state index contributed by atoms with van der Waals surface area (Å²) < 4.78 is 30.9. The molecule has 0 radical (unpaired) electrons. The number of carbonyl (C=O) groups is 1. The SMILES string of the molecule is CCOC(=O)CCNc1c(F)cccc1F. The molecule has 0 saturated heterocycles. The Morgan fingerprint density at radius 1 is 1.38 bits per heavy atom. The van der Waals surface area contributed by atoms with E-state index in [0.29, 0.717) is 6.61 Å². The van der Waals surface area contributed by atoms with Crippen molar-refractivity contribution in [1.29, 1.82) is 0 Å². The number of benzene rings is 1. The van der Waals surface area contributed by atoms with Crippen LogP contribution in [0.25, 0.3) is 0 Å². The van der Waals surface area contributed by atoms with E-state index in [4.69, 9.17) is 0 Å². The van der Waals surface area contributed by atoms with Crippen LogP contribution >= 0.6 is 0 Å². The molecule has 0 aliphatic heterocycles. The molecule has 88 valence electrons. The summed E-state index contributed by atoms with van der Waals surface area (Å²) in [6, 6.07) is 3.58. The van der Waals surface area contributed by atoms with Gasteiger partial charge in [-0.1, -0.05) is 6.07 Å². The van der Waals surface area contributed by atoms with Gasteiger partial charge in [0.05, 0.1) is 13.0 Å². The predicted octanol–water partition coefficient (Wildman–Crippen LogP) is 2.33. The lowest BCUT2D eigenvalue weighted by Crippen LogP contribution is -2.12. The first kappa shape index (κ1) is 12.4. The summed E-state index contributed by atoms with van der Waals surface area (Å²) in [4.78, 5) is 11.0. The lowest BCUT2D eigenvalue weighted by Gasteiger charge is -2.07. The molecule has 0 heterocycles. The van der Waals surface area contributed by atoms with Crippen LogP contribution in [0.4, 0.5) is 14.5 Å². The van der Waals surface area contributed by atoms with Crippen LogP contribution in [0.3, 0.4) is 0 Å². The van der Waals surface area contributed by atoms with Gasteiger partial charge >= 0.3 is 5.97 Å². The van der Waals surface area contributed by atoms with Gasteiger partial charge in [0.2, 0.25) is 0 Å². The second kappa shape index (κ2) is 6.05. The number of hydrogen-bond acceptors (Lipinski definition) is 3. The Morgan fingerprint density at radius 3 is 2.56 bits per heavy atom. The van der Waals surface area contributed by atoms with E-state index in [0.717, 1.165) is 12.1 Å². The molecule has 0 saturated carbocycles. The molecular formula is C11H13F2NO2. The lowest BCUT2D eigenvalue weighted by atomic mass is 10.3. The third-order valence-corrected chi connectivity index (χ3v) is 1.90. The molecule has 1 N–H and O–H groups in total. The summed E-state index contributed by atoms with van der Waals surface area (Å²) >= 11 is 0. The van der Waals surface area contributed by atoms with Crippen molar-refractivity contribution in [2.24, 2.45) is 0 Å². The standard InChI is InChI=1S/C11H13F2NO2/c1-2-16-10(15)6-7-14-11-8(12)4-3-5-9(11)13/h3-5,14H,2,6-7H2,1H3. The van der Waals surface area contributed by atoms with Gasteiger partial charge in [0.25, 0.3) is 0 Å². The third-order valence-electron chi connectivity index (χ3n) is 1.90.